The minimum Gasteiger partial charge on any atom is -0.339 e. The highest BCUT2D eigenvalue weighted by Crippen LogP contribution is 2.27. The number of benzene rings is 1. The first kappa shape index (κ1) is 22.0. The number of hydrogen-bond acceptors (Lipinski definition) is 4. The van der Waals surface area contributed by atoms with Crippen LogP contribution in [0.4, 0.5) is 0 Å². The number of aryl methyl sites for hydroxylation is 1. The molecule has 0 aliphatic carbocycles. The normalized spacial score (nSPS) is 16.4. The number of amides is 2. The van der Waals surface area contributed by atoms with Crippen LogP contribution in [0.2, 0.25) is 0 Å². The average molecular weight is 450 g/mol. The maximum atomic E-state index is 13.4. The summed E-state index contributed by atoms with van der Waals surface area (Å²) in [7, 11) is 1.62. The highest BCUT2D eigenvalue weighted by Gasteiger charge is 2.37. The van der Waals surface area contributed by atoms with Crippen LogP contribution < -0.4 is 5.56 Å². The van der Waals surface area contributed by atoms with Crippen LogP contribution in [-0.2, 0) is 18.3 Å². The Balaban J connectivity index is 1.64. The van der Waals surface area contributed by atoms with E-state index >= 15 is 0 Å². The van der Waals surface area contributed by atoms with Crippen LogP contribution in [0.5, 0.6) is 0 Å². The largest absolute Gasteiger partial charge is 0.339 e. The summed E-state index contributed by atoms with van der Waals surface area (Å²) in [6.45, 7) is 3.74. The Bertz CT molecular complexity index is 1170. The van der Waals surface area contributed by atoms with Crippen molar-refractivity contribution in [3.8, 4) is 10.4 Å². The second-order valence-corrected chi connectivity index (χ2v) is 9.04. The van der Waals surface area contributed by atoms with Gasteiger partial charge in [-0.05, 0) is 35.1 Å². The highest BCUT2D eigenvalue weighted by atomic mass is 32.1. The second-order valence-electron chi connectivity index (χ2n) is 8.09. The number of aromatic nitrogens is 1. The van der Waals surface area contributed by atoms with E-state index in [0.29, 0.717) is 31.6 Å². The van der Waals surface area contributed by atoms with Crippen LogP contribution in [0.15, 0.2) is 64.9 Å². The highest BCUT2D eigenvalue weighted by molar-refractivity contribution is 7.13. The van der Waals surface area contributed by atoms with E-state index in [1.54, 1.807) is 35.5 Å². The third-order valence-electron chi connectivity index (χ3n) is 5.83. The van der Waals surface area contributed by atoms with Gasteiger partial charge in [0.15, 0.2) is 0 Å². The van der Waals surface area contributed by atoms with Gasteiger partial charge in [-0.2, -0.15) is 0 Å². The van der Waals surface area contributed by atoms with E-state index in [4.69, 9.17) is 0 Å². The molecule has 1 aliphatic rings. The molecule has 0 saturated carbocycles. The molecule has 3 aromatic rings. The predicted molar refractivity (Wildman–Crippen MR) is 127 cm³/mol. The minimum absolute atomic E-state index is 0.0159. The lowest BCUT2D eigenvalue weighted by Crippen LogP contribution is -2.59. The summed E-state index contributed by atoms with van der Waals surface area (Å²) < 4.78 is 1.39. The van der Waals surface area contributed by atoms with Crippen molar-refractivity contribution in [2.24, 2.45) is 7.05 Å². The molecule has 1 aromatic carbocycles. The molecule has 32 heavy (non-hydrogen) atoms. The van der Waals surface area contributed by atoms with Crippen LogP contribution in [0.25, 0.3) is 10.4 Å². The number of nitrogens with zero attached hydrogens (tertiary/aromatic N) is 3. The van der Waals surface area contributed by atoms with Gasteiger partial charge in [0.05, 0.1) is 5.56 Å². The number of rotatable bonds is 6. The van der Waals surface area contributed by atoms with E-state index in [-0.39, 0.29) is 17.4 Å². The van der Waals surface area contributed by atoms with Gasteiger partial charge in [-0.1, -0.05) is 37.3 Å². The zero-order valence-corrected chi connectivity index (χ0v) is 19.2. The Labute approximate surface area is 191 Å². The maximum absolute atomic E-state index is 13.4. The molecule has 2 aromatic heterocycles. The van der Waals surface area contributed by atoms with Gasteiger partial charge in [-0.3, -0.25) is 14.4 Å². The summed E-state index contributed by atoms with van der Waals surface area (Å²) in [5.41, 5.74) is 2.38. The molecular weight excluding hydrogens is 422 g/mol. The predicted octanol–water partition coefficient (Wildman–Crippen LogP) is 3.42. The van der Waals surface area contributed by atoms with Gasteiger partial charge >= 0.3 is 0 Å². The number of carbonyl (C=O) groups is 2. The second kappa shape index (κ2) is 9.53. The standard InChI is InChI=1S/C25H27N3O3S/c1-3-11-27-12-13-28(24(30)20-9-10-23(29)26(2)17-20)21(25(27)31)16-18-6-4-7-19(15-18)22-8-5-14-32-22/h4-10,14-15,17,21H,3,11-13,16H2,1-2H3/t21-/m1/s1. The molecule has 1 saturated heterocycles. The van der Waals surface area contributed by atoms with Crippen LogP contribution in [0.1, 0.15) is 29.3 Å². The Morgan fingerprint density at radius 3 is 2.66 bits per heavy atom. The van der Waals surface area contributed by atoms with Gasteiger partial charge in [0, 0.05) is 50.2 Å². The smallest absolute Gasteiger partial charge is 0.256 e. The van der Waals surface area contributed by atoms with Crippen LogP contribution in [0.3, 0.4) is 0 Å². The van der Waals surface area contributed by atoms with E-state index in [1.807, 2.05) is 28.5 Å². The number of carbonyl (C=O) groups excluding carboxylic acids is 2. The summed E-state index contributed by atoms with van der Waals surface area (Å²) in [5.74, 6) is -0.234. The summed E-state index contributed by atoms with van der Waals surface area (Å²) in [6, 6.07) is 14.6. The van der Waals surface area contributed by atoms with Crippen molar-refractivity contribution < 1.29 is 9.59 Å². The first-order valence-electron chi connectivity index (χ1n) is 10.9. The third-order valence-corrected chi connectivity index (χ3v) is 6.75. The molecule has 1 fully saturated rings. The van der Waals surface area contributed by atoms with Gasteiger partial charge in [-0.15, -0.1) is 11.3 Å². The minimum atomic E-state index is -0.571. The molecule has 1 atom stereocenters. The monoisotopic (exact) mass is 449 g/mol. The quantitative estimate of drug-likeness (QED) is 0.579. The van der Waals surface area contributed by atoms with Crippen molar-refractivity contribution in [2.45, 2.75) is 25.8 Å². The summed E-state index contributed by atoms with van der Waals surface area (Å²) >= 11 is 1.68. The van der Waals surface area contributed by atoms with Gasteiger partial charge in [0.1, 0.15) is 6.04 Å². The molecule has 4 rings (SSSR count). The summed E-state index contributed by atoms with van der Waals surface area (Å²) in [4.78, 5) is 43.2. The van der Waals surface area contributed by atoms with Crippen molar-refractivity contribution in [3.05, 3.63) is 81.6 Å². The fourth-order valence-corrected chi connectivity index (χ4v) is 4.90. The summed E-state index contributed by atoms with van der Waals surface area (Å²) in [5, 5.41) is 2.04. The molecule has 166 valence electrons. The van der Waals surface area contributed by atoms with Gasteiger partial charge in [-0.25, -0.2) is 0 Å². The van der Waals surface area contributed by atoms with E-state index in [0.717, 1.165) is 17.5 Å². The van der Waals surface area contributed by atoms with Gasteiger partial charge in [0.25, 0.3) is 5.91 Å². The van der Waals surface area contributed by atoms with Crippen molar-refractivity contribution in [1.29, 1.82) is 0 Å². The molecule has 2 amide bonds. The van der Waals surface area contributed by atoms with Gasteiger partial charge in [0.2, 0.25) is 11.5 Å². The van der Waals surface area contributed by atoms with Gasteiger partial charge < -0.3 is 14.4 Å². The first-order valence-corrected chi connectivity index (χ1v) is 11.7. The maximum Gasteiger partial charge on any atom is 0.256 e. The summed E-state index contributed by atoms with van der Waals surface area (Å²) in [6.07, 6.45) is 2.87. The fraction of sp³-hybridized carbons (Fsp3) is 0.320. The molecule has 7 heteroatoms. The molecule has 6 nitrogen and oxygen atoms in total. The molecule has 0 spiro atoms. The zero-order valence-electron chi connectivity index (χ0n) is 18.4. The molecule has 0 N–H and O–H groups in total. The average Bonchev–Trinajstić information content (AvgIpc) is 3.33. The Kier molecular flexibility index (Phi) is 6.55. The topological polar surface area (TPSA) is 62.6 Å². The Morgan fingerprint density at radius 2 is 1.94 bits per heavy atom. The number of pyridine rings is 1. The lowest BCUT2D eigenvalue weighted by molar-refractivity contribution is -0.140. The molecule has 0 bridgehead atoms. The molecular formula is C25H27N3O3S. The van der Waals surface area contributed by atoms with E-state index < -0.39 is 6.04 Å². The van der Waals surface area contributed by atoms with Crippen LogP contribution >= 0.6 is 11.3 Å². The number of hydrogen-bond donors (Lipinski definition) is 0. The lowest BCUT2D eigenvalue weighted by Gasteiger charge is -2.41. The third kappa shape index (κ3) is 4.53. The molecule has 0 radical (unpaired) electrons. The number of piperazine rings is 1. The van der Waals surface area contributed by atoms with Crippen molar-refractivity contribution in [1.82, 2.24) is 14.4 Å². The van der Waals surface area contributed by atoms with E-state index in [1.165, 1.54) is 15.5 Å². The molecule has 0 unspecified atom stereocenters. The van der Waals surface area contributed by atoms with Crippen molar-refractivity contribution in [3.63, 3.8) is 0 Å². The number of thiophene rings is 1. The van der Waals surface area contributed by atoms with E-state index in [9.17, 15) is 14.4 Å². The van der Waals surface area contributed by atoms with E-state index in [2.05, 4.69) is 25.1 Å². The van der Waals surface area contributed by atoms with Crippen molar-refractivity contribution >= 4 is 23.2 Å². The Morgan fingerprint density at radius 1 is 1.09 bits per heavy atom. The lowest BCUT2D eigenvalue weighted by atomic mass is 9.98. The molecule has 3 heterocycles. The SMILES string of the molecule is CCCN1CCN(C(=O)c2ccc(=O)n(C)c2)[C@H](Cc2cccc(-c3cccs3)c2)C1=O. The van der Waals surface area contributed by atoms with Crippen LogP contribution in [0, 0.1) is 0 Å². The molecule has 1 aliphatic heterocycles. The zero-order chi connectivity index (χ0) is 22.7. The van der Waals surface area contributed by atoms with Crippen LogP contribution in [-0.4, -0.2) is 51.9 Å². The fourth-order valence-electron chi connectivity index (χ4n) is 4.17. The first-order chi connectivity index (χ1) is 15.5. The van der Waals surface area contributed by atoms with Crippen molar-refractivity contribution in [2.75, 3.05) is 19.6 Å². The Hall–Kier alpha value is -3.19.